The number of anilines is 1. The smallest absolute Gasteiger partial charge is 0.370 e. The first-order valence-corrected chi connectivity index (χ1v) is 12.6. The molecule has 0 spiro atoms. The molecule has 0 radical (unpaired) electrons. The van der Waals surface area contributed by atoms with E-state index in [1.807, 2.05) is 18.2 Å². The number of halogens is 4. The fraction of sp³-hybridized carbons (Fsp3) is 0.480. The maximum atomic E-state index is 12.4. The highest BCUT2D eigenvalue weighted by molar-refractivity contribution is 6.31. The molecule has 3 aromatic rings. The Bertz CT molecular complexity index is 1350. The lowest BCUT2D eigenvalue weighted by Crippen LogP contribution is -2.36. The van der Waals surface area contributed by atoms with E-state index in [-0.39, 0.29) is 25.5 Å². The SMILES string of the molecule is N#Cc1cnc2ccc(Cl)cc2c1N1CCCC(C2CC2)C1.O=CN1CCn2c(nnc2C(F)(F)F)C1. The Morgan fingerprint density at radius 3 is 2.62 bits per heavy atom. The molecular weight excluding hydrogens is 507 g/mol. The van der Waals surface area contributed by atoms with Gasteiger partial charge in [-0.15, -0.1) is 10.2 Å². The van der Waals surface area contributed by atoms with Crippen LogP contribution < -0.4 is 4.90 Å². The number of nitriles is 1. The van der Waals surface area contributed by atoms with Gasteiger partial charge in [-0.05, 0) is 55.7 Å². The largest absolute Gasteiger partial charge is 0.451 e. The average Bonchev–Trinajstić information content (AvgIpc) is 3.66. The van der Waals surface area contributed by atoms with Crippen molar-refractivity contribution in [1.29, 1.82) is 5.26 Å². The number of aromatic nitrogens is 4. The minimum atomic E-state index is -4.49. The van der Waals surface area contributed by atoms with Gasteiger partial charge in [-0.3, -0.25) is 9.78 Å². The van der Waals surface area contributed by atoms with E-state index >= 15 is 0 Å². The number of piperidine rings is 1. The van der Waals surface area contributed by atoms with Crippen molar-refractivity contribution in [2.45, 2.75) is 44.9 Å². The van der Waals surface area contributed by atoms with E-state index in [0.717, 1.165) is 46.1 Å². The number of fused-ring (bicyclic) bond motifs is 2. The van der Waals surface area contributed by atoms with Gasteiger partial charge in [0.15, 0.2) is 5.82 Å². The van der Waals surface area contributed by atoms with Gasteiger partial charge in [-0.2, -0.15) is 18.4 Å². The van der Waals surface area contributed by atoms with Gasteiger partial charge in [0.05, 0.1) is 23.3 Å². The number of hydrogen-bond acceptors (Lipinski definition) is 6. The average molecular weight is 532 g/mol. The molecule has 2 aromatic heterocycles. The summed E-state index contributed by atoms with van der Waals surface area (Å²) in [5.41, 5.74) is 2.60. The molecule has 194 valence electrons. The predicted octanol–water partition coefficient (Wildman–Crippen LogP) is 4.66. The van der Waals surface area contributed by atoms with Crippen molar-refractivity contribution >= 4 is 34.6 Å². The zero-order valence-electron chi connectivity index (χ0n) is 20.0. The summed E-state index contributed by atoms with van der Waals surface area (Å²) in [5.74, 6) is 0.858. The number of carbonyl (C=O) groups excluding carboxylic acids is 1. The molecule has 2 fully saturated rings. The molecule has 1 aromatic carbocycles. The van der Waals surface area contributed by atoms with Gasteiger partial charge in [-0.1, -0.05) is 11.6 Å². The van der Waals surface area contributed by atoms with Gasteiger partial charge in [-0.25, -0.2) is 0 Å². The lowest BCUT2D eigenvalue weighted by atomic mass is 9.92. The van der Waals surface area contributed by atoms with E-state index in [1.165, 1.54) is 30.6 Å². The second-order valence-electron chi connectivity index (χ2n) is 9.64. The number of rotatable bonds is 3. The lowest BCUT2D eigenvalue weighted by Gasteiger charge is -2.35. The zero-order valence-corrected chi connectivity index (χ0v) is 20.7. The molecule has 37 heavy (non-hydrogen) atoms. The molecule has 1 saturated heterocycles. The highest BCUT2D eigenvalue weighted by Crippen LogP contribution is 2.43. The second kappa shape index (κ2) is 10.2. The number of alkyl halides is 3. The van der Waals surface area contributed by atoms with Crippen LogP contribution in [0.2, 0.25) is 5.02 Å². The number of benzene rings is 1. The molecule has 1 amide bonds. The molecule has 8 nitrogen and oxygen atoms in total. The fourth-order valence-electron chi connectivity index (χ4n) is 5.21. The quantitative estimate of drug-likeness (QED) is 0.457. The highest BCUT2D eigenvalue weighted by Gasteiger charge is 2.39. The number of carbonyl (C=O) groups is 1. The molecule has 6 rings (SSSR count). The summed E-state index contributed by atoms with van der Waals surface area (Å²) in [4.78, 5) is 18.6. The van der Waals surface area contributed by atoms with Crippen LogP contribution >= 0.6 is 11.6 Å². The summed E-state index contributed by atoms with van der Waals surface area (Å²) in [7, 11) is 0. The Kier molecular flexibility index (Phi) is 6.94. The molecule has 1 aliphatic carbocycles. The van der Waals surface area contributed by atoms with Crippen molar-refractivity contribution in [2.75, 3.05) is 24.5 Å². The molecule has 1 unspecified atom stereocenters. The van der Waals surface area contributed by atoms with Crippen molar-refractivity contribution in [1.82, 2.24) is 24.6 Å². The number of nitrogens with zero attached hydrogens (tertiary/aromatic N) is 7. The standard InChI is InChI=1S/C18H18ClN3.C7H7F3N4O/c19-15-5-6-17-16(8-15)18(14(9-20)10-21-17)22-7-1-2-13(11-22)12-3-4-12;8-7(9,10)6-12-11-5-3-13(4-15)1-2-14(5)6/h5-6,8,10,12-13H,1-4,7,11H2;4H,1-3H2. The summed E-state index contributed by atoms with van der Waals surface area (Å²) in [5, 5.41) is 17.7. The van der Waals surface area contributed by atoms with E-state index in [4.69, 9.17) is 11.6 Å². The lowest BCUT2D eigenvalue weighted by molar-refractivity contribution is -0.148. The molecule has 2 aliphatic heterocycles. The summed E-state index contributed by atoms with van der Waals surface area (Å²) < 4.78 is 38.1. The van der Waals surface area contributed by atoms with Crippen LogP contribution in [0, 0.1) is 23.2 Å². The third-order valence-electron chi connectivity index (χ3n) is 7.17. The summed E-state index contributed by atoms with van der Waals surface area (Å²) in [6, 6.07) is 8.05. The van der Waals surface area contributed by atoms with Crippen LogP contribution in [-0.4, -0.2) is 50.7 Å². The van der Waals surface area contributed by atoms with Gasteiger partial charge in [0.2, 0.25) is 12.2 Å². The topological polar surface area (TPSA) is 90.9 Å². The Balaban J connectivity index is 0.000000164. The third-order valence-corrected chi connectivity index (χ3v) is 7.41. The predicted molar refractivity (Wildman–Crippen MR) is 131 cm³/mol. The molecular formula is C25H25ClF3N7O. The Labute approximate surface area is 216 Å². The Morgan fingerprint density at radius 1 is 1.11 bits per heavy atom. The summed E-state index contributed by atoms with van der Waals surface area (Å²) in [6.07, 6.45) is 3.09. The molecule has 1 saturated carbocycles. The number of hydrogen-bond donors (Lipinski definition) is 0. The van der Waals surface area contributed by atoms with Crippen LogP contribution in [0.1, 0.15) is 42.9 Å². The maximum absolute atomic E-state index is 12.4. The minimum Gasteiger partial charge on any atom is -0.370 e. The molecule has 12 heteroatoms. The van der Waals surface area contributed by atoms with E-state index in [0.29, 0.717) is 17.0 Å². The maximum Gasteiger partial charge on any atom is 0.451 e. The van der Waals surface area contributed by atoms with Crippen molar-refractivity contribution in [3.05, 3.63) is 46.6 Å². The van der Waals surface area contributed by atoms with Crippen LogP contribution in [0.25, 0.3) is 10.9 Å². The molecule has 4 heterocycles. The molecule has 0 bridgehead atoms. The summed E-state index contributed by atoms with van der Waals surface area (Å²) >= 11 is 6.19. The Morgan fingerprint density at radius 2 is 1.92 bits per heavy atom. The first-order chi connectivity index (χ1) is 17.8. The van der Waals surface area contributed by atoms with Gasteiger partial charge in [0, 0.05) is 42.8 Å². The number of amides is 1. The minimum absolute atomic E-state index is 0.0760. The van der Waals surface area contributed by atoms with Gasteiger partial charge >= 0.3 is 6.18 Å². The first kappa shape index (κ1) is 25.3. The van der Waals surface area contributed by atoms with E-state index < -0.39 is 12.0 Å². The van der Waals surface area contributed by atoms with Gasteiger partial charge in [0.25, 0.3) is 0 Å². The van der Waals surface area contributed by atoms with Crippen LogP contribution in [0.5, 0.6) is 0 Å². The fourth-order valence-corrected chi connectivity index (χ4v) is 5.39. The molecule has 1 atom stereocenters. The Hall–Kier alpha value is -3.39. The van der Waals surface area contributed by atoms with E-state index in [9.17, 15) is 23.2 Å². The van der Waals surface area contributed by atoms with Crippen LogP contribution in [0.15, 0.2) is 24.4 Å². The van der Waals surface area contributed by atoms with Crippen LogP contribution in [-0.2, 0) is 24.1 Å². The van der Waals surface area contributed by atoms with Crippen molar-refractivity contribution in [2.24, 2.45) is 11.8 Å². The van der Waals surface area contributed by atoms with Crippen LogP contribution in [0.4, 0.5) is 18.9 Å². The van der Waals surface area contributed by atoms with Gasteiger partial charge in [0.1, 0.15) is 6.07 Å². The third kappa shape index (κ3) is 5.34. The van der Waals surface area contributed by atoms with Gasteiger partial charge < -0.3 is 14.4 Å². The van der Waals surface area contributed by atoms with E-state index in [2.05, 4.69) is 26.2 Å². The summed E-state index contributed by atoms with van der Waals surface area (Å²) in [6.45, 7) is 2.48. The number of pyridine rings is 1. The van der Waals surface area contributed by atoms with Crippen molar-refractivity contribution in [3.8, 4) is 6.07 Å². The monoisotopic (exact) mass is 531 g/mol. The first-order valence-electron chi connectivity index (χ1n) is 12.2. The van der Waals surface area contributed by atoms with Crippen LogP contribution in [0.3, 0.4) is 0 Å². The van der Waals surface area contributed by atoms with E-state index in [1.54, 1.807) is 6.20 Å². The normalized spacial score (nSPS) is 19.6. The highest BCUT2D eigenvalue weighted by atomic mass is 35.5. The zero-order chi connectivity index (χ0) is 26.2. The molecule has 0 N–H and O–H groups in total. The van der Waals surface area contributed by atoms with Crippen molar-refractivity contribution in [3.63, 3.8) is 0 Å². The second-order valence-corrected chi connectivity index (χ2v) is 10.1. The van der Waals surface area contributed by atoms with Crippen molar-refractivity contribution < 1.29 is 18.0 Å². The molecule has 3 aliphatic rings.